The zero-order valence-corrected chi connectivity index (χ0v) is 18.9. The minimum Gasteiger partial charge on any atom is -0.309 e. The fourth-order valence-corrected chi connectivity index (χ4v) is 3.21. The van der Waals surface area contributed by atoms with Crippen molar-refractivity contribution in [3.63, 3.8) is 0 Å². The Balaban J connectivity index is 0.000000469. The Labute approximate surface area is 197 Å². The molecule has 2 amide bonds. The van der Waals surface area contributed by atoms with Crippen LogP contribution in [0.25, 0.3) is 0 Å². The third kappa shape index (κ3) is 6.13. The fourth-order valence-electron chi connectivity index (χ4n) is 3.21. The number of hydrogen-bond donors (Lipinski definition) is 0. The molecule has 4 aromatic rings. The SMILES string of the molecule is CN(C(=O)c1ccc(F)cc1)c1ccccc1N(C)C(=O)c1ccc(F)cc1.c1ccccc1. The monoisotopic (exact) mass is 458 g/mol. The van der Waals surface area contributed by atoms with E-state index in [1.54, 1.807) is 38.4 Å². The van der Waals surface area contributed by atoms with Crippen LogP contribution in [0, 0.1) is 11.6 Å². The van der Waals surface area contributed by atoms with E-state index < -0.39 is 11.6 Å². The second-order valence-electron chi connectivity index (χ2n) is 7.39. The molecule has 0 N–H and O–H groups in total. The smallest absolute Gasteiger partial charge is 0.258 e. The minimum absolute atomic E-state index is 0.325. The van der Waals surface area contributed by atoms with Crippen LogP contribution in [0.5, 0.6) is 0 Å². The van der Waals surface area contributed by atoms with Crippen molar-refractivity contribution < 1.29 is 18.4 Å². The summed E-state index contributed by atoms with van der Waals surface area (Å²) < 4.78 is 26.3. The van der Waals surface area contributed by atoms with E-state index in [4.69, 9.17) is 0 Å². The van der Waals surface area contributed by atoms with Crippen molar-refractivity contribution in [1.29, 1.82) is 0 Å². The molecule has 0 aromatic heterocycles. The summed E-state index contributed by atoms with van der Waals surface area (Å²) in [6.45, 7) is 0. The molecule has 0 fully saturated rings. The average molecular weight is 459 g/mol. The summed E-state index contributed by atoms with van der Waals surface area (Å²) in [4.78, 5) is 28.3. The van der Waals surface area contributed by atoms with Gasteiger partial charge in [-0.2, -0.15) is 0 Å². The standard InChI is InChI=1S/C22H18F2N2O2.C6H6/c1-25(21(27)15-7-11-17(23)12-8-15)19-5-3-4-6-20(19)26(2)22(28)16-9-13-18(24)14-10-16;1-2-4-6-5-3-1/h3-14H,1-2H3;1-6H. The first-order valence-corrected chi connectivity index (χ1v) is 10.5. The van der Waals surface area contributed by atoms with Gasteiger partial charge in [-0.05, 0) is 60.7 Å². The number of rotatable bonds is 4. The van der Waals surface area contributed by atoms with Crippen LogP contribution >= 0.6 is 0 Å². The first-order valence-electron chi connectivity index (χ1n) is 10.5. The van der Waals surface area contributed by atoms with Gasteiger partial charge >= 0.3 is 0 Å². The van der Waals surface area contributed by atoms with Crippen LogP contribution in [0.15, 0.2) is 109 Å². The summed E-state index contributed by atoms with van der Waals surface area (Å²) in [6, 6.07) is 29.4. The van der Waals surface area contributed by atoms with Crippen LogP contribution in [-0.2, 0) is 0 Å². The maximum atomic E-state index is 13.1. The van der Waals surface area contributed by atoms with E-state index in [2.05, 4.69) is 0 Å². The summed E-state index contributed by atoms with van der Waals surface area (Å²) in [7, 11) is 3.17. The Morgan fingerprint density at radius 1 is 0.500 bits per heavy atom. The van der Waals surface area contributed by atoms with Gasteiger partial charge in [0.2, 0.25) is 0 Å². The molecule has 4 nitrogen and oxygen atoms in total. The van der Waals surface area contributed by atoms with Gasteiger partial charge in [0.05, 0.1) is 11.4 Å². The summed E-state index contributed by atoms with van der Waals surface area (Å²) in [5, 5.41) is 0. The molecule has 4 rings (SSSR count). The third-order valence-electron chi connectivity index (χ3n) is 5.06. The Bertz CT molecular complexity index is 1120. The molecule has 0 aliphatic rings. The molecule has 4 aromatic carbocycles. The maximum Gasteiger partial charge on any atom is 0.258 e. The molecule has 0 aliphatic heterocycles. The second-order valence-corrected chi connectivity index (χ2v) is 7.39. The van der Waals surface area contributed by atoms with Gasteiger partial charge in [-0.25, -0.2) is 8.78 Å². The highest BCUT2D eigenvalue weighted by Gasteiger charge is 2.21. The van der Waals surface area contributed by atoms with Crippen LogP contribution in [0.4, 0.5) is 20.2 Å². The lowest BCUT2D eigenvalue weighted by atomic mass is 10.1. The lowest BCUT2D eigenvalue weighted by Gasteiger charge is -2.26. The fraction of sp³-hybridized carbons (Fsp3) is 0.0714. The van der Waals surface area contributed by atoms with Crippen molar-refractivity contribution in [3.05, 3.63) is 132 Å². The van der Waals surface area contributed by atoms with Gasteiger partial charge in [0, 0.05) is 25.2 Å². The van der Waals surface area contributed by atoms with E-state index in [1.807, 2.05) is 36.4 Å². The number of anilines is 2. The van der Waals surface area contributed by atoms with Gasteiger partial charge in [-0.3, -0.25) is 9.59 Å². The number of carbonyl (C=O) groups excluding carboxylic acids is 2. The molecular formula is C28H24F2N2O2. The van der Waals surface area contributed by atoms with E-state index >= 15 is 0 Å². The zero-order chi connectivity index (χ0) is 24.5. The molecule has 6 heteroatoms. The normalized spacial score (nSPS) is 10.0. The van der Waals surface area contributed by atoms with Gasteiger partial charge in [0.25, 0.3) is 11.8 Å². The molecule has 0 saturated carbocycles. The van der Waals surface area contributed by atoms with E-state index in [0.29, 0.717) is 22.5 Å². The predicted octanol–water partition coefficient (Wildman–Crippen LogP) is 6.20. The van der Waals surface area contributed by atoms with E-state index in [0.717, 1.165) is 0 Å². The van der Waals surface area contributed by atoms with E-state index in [1.165, 1.54) is 58.3 Å². The van der Waals surface area contributed by atoms with Crippen molar-refractivity contribution in [3.8, 4) is 0 Å². The quantitative estimate of drug-likeness (QED) is 0.365. The number of para-hydroxylation sites is 2. The van der Waals surface area contributed by atoms with Gasteiger partial charge in [0.1, 0.15) is 11.6 Å². The molecule has 0 heterocycles. The van der Waals surface area contributed by atoms with Gasteiger partial charge < -0.3 is 9.80 Å². The highest BCUT2D eigenvalue weighted by Crippen LogP contribution is 2.30. The Hall–Kier alpha value is -4.32. The summed E-state index contributed by atoms with van der Waals surface area (Å²) >= 11 is 0. The number of hydrogen-bond acceptors (Lipinski definition) is 2. The van der Waals surface area contributed by atoms with Gasteiger partial charge in [0.15, 0.2) is 0 Å². The molecule has 0 bridgehead atoms. The highest BCUT2D eigenvalue weighted by molar-refractivity contribution is 6.11. The number of benzene rings is 4. The average Bonchev–Trinajstić information content (AvgIpc) is 2.89. The molecule has 0 saturated heterocycles. The van der Waals surface area contributed by atoms with Crippen LogP contribution < -0.4 is 9.80 Å². The molecule has 34 heavy (non-hydrogen) atoms. The van der Waals surface area contributed by atoms with E-state index in [-0.39, 0.29) is 11.8 Å². The molecular weight excluding hydrogens is 434 g/mol. The third-order valence-corrected chi connectivity index (χ3v) is 5.06. The topological polar surface area (TPSA) is 40.6 Å². The first-order chi connectivity index (χ1) is 16.4. The highest BCUT2D eigenvalue weighted by atomic mass is 19.1. The first kappa shape index (κ1) is 24.3. The van der Waals surface area contributed by atoms with Crippen molar-refractivity contribution in [1.82, 2.24) is 0 Å². The van der Waals surface area contributed by atoms with Crippen LogP contribution in [0.2, 0.25) is 0 Å². The maximum absolute atomic E-state index is 13.1. The number of carbonyl (C=O) groups is 2. The molecule has 0 radical (unpaired) electrons. The molecule has 0 atom stereocenters. The molecule has 0 spiro atoms. The zero-order valence-electron chi connectivity index (χ0n) is 18.9. The summed E-state index contributed by atoms with van der Waals surface area (Å²) in [6.07, 6.45) is 0. The molecule has 0 aliphatic carbocycles. The van der Waals surface area contributed by atoms with Crippen molar-refractivity contribution in [2.24, 2.45) is 0 Å². The second kappa shape index (κ2) is 11.5. The molecule has 0 unspecified atom stereocenters. The predicted molar refractivity (Wildman–Crippen MR) is 131 cm³/mol. The van der Waals surface area contributed by atoms with E-state index in [9.17, 15) is 18.4 Å². The largest absolute Gasteiger partial charge is 0.309 e. The number of halogens is 2. The van der Waals surface area contributed by atoms with Crippen LogP contribution in [-0.4, -0.2) is 25.9 Å². The van der Waals surface area contributed by atoms with Crippen molar-refractivity contribution in [2.45, 2.75) is 0 Å². The number of amides is 2. The summed E-state index contributed by atoms with van der Waals surface area (Å²) in [5.74, 6) is -1.53. The van der Waals surface area contributed by atoms with Gasteiger partial charge in [-0.1, -0.05) is 48.5 Å². The minimum atomic E-state index is -0.427. The van der Waals surface area contributed by atoms with Crippen LogP contribution in [0.3, 0.4) is 0 Å². The number of nitrogens with zero attached hydrogens (tertiary/aromatic N) is 2. The Kier molecular flexibility index (Phi) is 8.24. The lowest BCUT2D eigenvalue weighted by molar-refractivity contribution is 0.0981. The molecule has 172 valence electrons. The lowest BCUT2D eigenvalue weighted by Crippen LogP contribution is -2.31. The Morgan fingerprint density at radius 3 is 1.09 bits per heavy atom. The van der Waals surface area contributed by atoms with Crippen LogP contribution in [0.1, 0.15) is 20.7 Å². The van der Waals surface area contributed by atoms with Crippen molar-refractivity contribution in [2.75, 3.05) is 23.9 Å². The van der Waals surface area contributed by atoms with Gasteiger partial charge in [-0.15, -0.1) is 0 Å². The van der Waals surface area contributed by atoms with Crippen molar-refractivity contribution >= 4 is 23.2 Å². The summed E-state index contributed by atoms with van der Waals surface area (Å²) in [5.41, 5.74) is 1.67. The Morgan fingerprint density at radius 2 is 0.794 bits per heavy atom.